The number of hydrogen-bond acceptors (Lipinski definition) is 4. The summed E-state index contributed by atoms with van der Waals surface area (Å²) in [6, 6.07) is 16.1. The van der Waals surface area contributed by atoms with Crippen molar-refractivity contribution >= 4 is 39.9 Å². The molecule has 0 fully saturated rings. The van der Waals surface area contributed by atoms with Gasteiger partial charge < -0.3 is 0 Å². The number of amides is 2. The molecular weight excluding hydrogens is 358 g/mol. The molecule has 0 atom stereocenters. The topological polar surface area (TPSA) is 101 Å². The van der Waals surface area contributed by atoms with E-state index in [0.29, 0.717) is 5.56 Å². The highest BCUT2D eigenvalue weighted by molar-refractivity contribution is 6.34. The molecule has 0 saturated carbocycles. The van der Waals surface area contributed by atoms with Gasteiger partial charge in [-0.3, -0.25) is 30.6 Å². The lowest BCUT2D eigenvalue weighted by Gasteiger charge is -2.09. The quantitative estimate of drug-likeness (QED) is 0.545. The van der Waals surface area contributed by atoms with Crippen molar-refractivity contribution in [2.75, 3.05) is 0 Å². The zero-order chi connectivity index (χ0) is 18.7. The Balaban J connectivity index is 1.73. The lowest BCUT2D eigenvalue weighted by molar-refractivity contribution is -0.384. The maximum absolute atomic E-state index is 12.2. The van der Waals surface area contributed by atoms with Crippen LogP contribution in [0.5, 0.6) is 0 Å². The highest BCUT2D eigenvalue weighted by Gasteiger charge is 2.16. The number of nitro benzene ring substituents is 1. The SMILES string of the molecule is O=C(NNC(=O)c1cc([N+](=O)[O-])ccc1Cl)c1ccc2ccccc2c1. The zero-order valence-electron chi connectivity index (χ0n) is 13.2. The van der Waals surface area contributed by atoms with Crippen LogP contribution in [0, 0.1) is 10.1 Å². The number of nitro groups is 1. The predicted molar refractivity (Wildman–Crippen MR) is 97.0 cm³/mol. The van der Waals surface area contributed by atoms with Crippen molar-refractivity contribution in [3.63, 3.8) is 0 Å². The highest BCUT2D eigenvalue weighted by Crippen LogP contribution is 2.22. The van der Waals surface area contributed by atoms with E-state index in [9.17, 15) is 19.7 Å². The van der Waals surface area contributed by atoms with Gasteiger partial charge in [0.05, 0.1) is 15.5 Å². The Morgan fingerprint density at radius 1 is 0.885 bits per heavy atom. The molecule has 0 unspecified atom stereocenters. The number of hydrazine groups is 1. The minimum Gasteiger partial charge on any atom is -0.267 e. The Kier molecular flexibility index (Phi) is 4.81. The van der Waals surface area contributed by atoms with E-state index in [0.717, 1.165) is 16.8 Å². The number of carbonyl (C=O) groups excluding carboxylic acids is 2. The summed E-state index contributed by atoms with van der Waals surface area (Å²) in [5.41, 5.74) is 4.44. The van der Waals surface area contributed by atoms with Crippen molar-refractivity contribution in [3.8, 4) is 0 Å². The molecule has 0 saturated heterocycles. The summed E-state index contributed by atoms with van der Waals surface area (Å²) < 4.78 is 0. The van der Waals surface area contributed by atoms with Crippen molar-refractivity contribution in [2.24, 2.45) is 0 Å². The molecular formula is C18H12ClN3O4. The summed E-state index contributed by atoms with van der Waals surface area (Å²) in [6.45, 7) is 0. The van der Waals surface area contributed by atoms with E-state index < -0.39 is 16.7 Å². The van der Waals surface area contributed by atoms with Crippen molar-refractivity contribution in [1.82, 2.24) is 10.9 Å². The minimum atomic E-state index is -0.757. The molecule has 0 bridgehead atoms. The van der Waals surface area contributed by atoms with Gasteiger partial charge in [0.15, 0.2) is 0 Å². The first-order chi connectivity index (χ1) is 12.5. The largest absolute Gasteiger partial charge is 0.271 e. The van der Waals surface area contributed by atoms with Crippen LogP contribution in [-0.2, 0) is 0 Å². The second kappa shape index (κ2) is 7.20. The molecule has 0 aliphatic rings. The van der Waals surface area contributed by atoms with E-state index >= 15 is 0 Å². The first-order valence-corrected chi connectivity index (χ1v) is 7.87. The summed E-state index contributed by atoms with van der Waals surface area (Å²) >= 11 is 5.90. The lowest BCUT2D eigenvalue weighted by Crippen LogP contribution is -2.41. The second-order valence-corrected chi connectivity index (χ2v) is 5.80. The zero-order valence-corrected chi connectivity index (χ0v) is 14.0. The van der Waals surface area contributed by atoms with Crippen LogP contribution in [0.15, 0.2) is 60.7 Å². The van der Waals surface area contributed by atoms with Gasteiger partial charge >= 0.3 is 0 Å². The maximum atomic E-state index is 12.2. The maximum Gasteiger partial charge on any atom is 0.271 e. The molecule has 0 spiro atoms. The number of nitrogens with one attached hydrogen (secondary N) is 2. The average Bonchev–Trinajstić information content (AvgIpc) is 2.65. The third-order valence-corrected chi connectivity index (χ3v) is 4.04. The van der Waals surface area contributed by atoms with Gasteiger partial charge in [-0.2, -0.15) is 0 Å². The molecule has 3 aromatic rings. The molecule has 0 heterocycles. The number of fused-ring (bicyclic) bond motifs is 1. The van der Waals surface area contributed by atoms with Crippen LogP contribution in [0.25, 0.3) is 10.8 Å². The fourth-order valence-electron chi connectivity index (χ4n) is 2.38. The van der Waals surface area contributed by atoms with Crippen molar-refractivity contribution in [1.29, 1.82) is 0 Å². The standard InChI is InChI=1S/C18H12ClN3O4/c19-16-8-7-14(22(25)26)10-15(16)18(24)21-20-17(23)13-6-5-11-3-1-2-4-12(11)9-13/h1-10H,(H,20,23)(H,21,24). The first kappa shape index (κ1) is 17.4. The van der Waals surface area contributed by atoms with Crippen LogP contribution in [0.1, 0.15) is 20.7 Å². The number of hydrogen-bond donors (Lipinski definition) is 2. The molecule has 8 heteroatoms. The predicted octanol–water partition coefficient (Wildman–Crippen LogP) is 3.48. The Hall–Kier alpha value is -3.45. The van der Waals surface area contributed by atoms with E-state index in [-0.39, 0.29) is 16.3 Å². The Labute approximate surface area is 152 Å². The molecule has 2 amide bonds. The van der Waals surface area contributed by atoms with Gasteiger partial charge in [0, 0.05) is 17.7 Å². The van der Waals surface area contributed by atoms with Crippen LogP contribution >= 0.6 is 11.6 Å². The van der Waals surface area contributed by atoms with E-state index in [2.05, 4.69) is 10.9 Å². The number of halogens is 1. The van der Waals surface area contributed by atoms with Crippen molar-refractivity contribution in [3.05, 3.63) is 86.9 Å². The van der Waals surface area contributed by atoms with Crippen LogP contribution in [0.4, 0.5) is 5.69 Å². The molecule has 0 aromatic heterocycles. The third kappa shape index (κ3) is 3.62. The van der Waals surface area contributed by atoms with Gasteiger partial charge in [-0.1, -0.05) is 41.9 Å². The van der Waals surface area contributed by atoms with Gasteiger partial charge in [-0.15, -0.1) is 0 Å². The summed E-state index contributed by atoms with van der Waals surface area (Å²) in [5.74, 6) is -1.28. The summed E-state index contributed by atoms with van der Waals surface area (Å²) in [4.78, 5) is 34.5. The molecule has 3 rings (SSSR count). The van der Waals surface area contributed by atoms with Crippen LogP contribution in [0.3, 0.4) is 0 Å². The third-order valence-electron chi connectivity index (χ3n) is 3.71. The molecule has 26 heavy (non-hydrogen) atoms. The van der Waals surface area contributed by atoms with Gasteiger partial charge in [-0.05, 0) is 29.0 Å². The van der Waals surface area contributed by atoms with E-state index in [4.69, 9.17) is 11.6 Å². The van der Waals surface area contributed by atoms with Gasteiger partial charge in [-0.25, -0.2) is 0 Å². The number of benzene rings is 3. The van der Waals surface area contributed by atoms with Gasteiger partial charge in [0.25, 0.3) is 17.5 Å². The molecule has 2 N–H and O–H groups in total. The molecule has 3 aromatic carbocycles. The molecule has 130 valence electrons. The minimum absolute atomic E-state index is 0.0352. The van der Waals surface area contributed by atoms with Crippen molar-refractivity contribution in [2.45, 2.75) is 0 Å². The van der Waals surface area contributed by atoms with Gasteiger partial charge in [0.1, 0.15) is 0 Å². The summed E-state index contributed by atoms with van der Waals surface area (Å²) in [5, 5.41) is 12.7. The van der Waals surface area contributed by atoms with Gasteiger partial charge in [0.2, 0.25) is 0 Å². The number of rotatable bonds is 3. The molecule has 0 aliphatic heterocycles. The average molecular weight is 370 g/mol. The Bertz CT molecular complexity index is 1040. The van der Waals surface area contributed by atoms with Crippen molar-refractivity contribution < 1.29 is 14.5 Å². The molecule has 7 nitrogen and oxygen atoms in total. The summed E-state index contributed by atoms with van der Waals surface area (Å²) in [7, 11) is 0. The fourth-order valence-corrected chi connectivity index (χ4v) is 2.59. The monoisotopic (exact) mass is 369 g/mol. The molecule has 0 radical (unpaired) electrons. The van der Waals surface area contributed by atoms with E-state index in [1.54, 1.807) is 18.2 Å². The smallest absolute Gasteiger partial charge is 0.267 e. The fraction of sp³-hybridized carbons (Fsp3) is 0. The number of nitrogens with zero attached hydrogens (tertiary/aromatic N) is 1. The van der Waals surface area contributed by atoms with Crippen LogP contribution in [0.2, 0.25) is 5.02 Å². The van der Waals surface area contributed by atoms with E-state index in [1.165, 1.54) is 12.1 Å². The molecule has 0 aliphatic carbocycles. The Morgan fingerprint density at radius 3 is 2.31 bits per heavy atom. The van der Waals surface area contributed by atoms with Crippen LogP contribution < -0.4 is 10.9 Å². The normalized spacial score (nSPS) is 10.3. The van der Waals surface area contributed by atoms with Crippen LogP contribution in [-0.4, -0.2) is 16.7 Å². The number of carbonyl (C=O) groups is 2. The highest BCUT2D eigenvalue weighted by atomic mass is 35.5. The van der Waals surface area contributed by atoms with E-state index in [1.807, 2.05) is 24.3 Å². The first-order valence-electron chi connectivity index (χ1n) is 7.49. The lowest BCUT2D eigenvalue weighted by atomic mass is 10.1. The Morgan fingerprint density at radius 2 is 1.58 bits per heavy atom. The second-order valence-electron chi connectivity index (χ2n) is 5.39. The number of non-ortho nitro benzene ring substituents is 1. The summed E-state index contributed by atoms with van der Waals surface area (Å²) in [6.07, 6.45) is 0.